The standard InChI is InChI=1S/C14H17ClN4O2/c1-14(2,3)21-13(20)19-10-6-8(4-5-9(10)15)11-7-17-12(16)18-11/h4-7H,1-3H3,(H,19,20)(H3,16,17,18). The molecule has 7 heteroatoms. The minimum Gasteiger partial charge on any atom is -0.444 e. The van der Waals surface area contributed by atoms with Crippen molar-refractivity contribution in [2.24, 2.45) is 0 Å². The zero-order chi connectivity index (χ0) is 15.6. The summed E-state index contributed by atoms with van der Waals surface area (Å²) in [5, 5.41) is 3.04. The number of aromatic amines is 1. The number of nitrogens with one attached hydrogen (secondary N) is 2. The van der Waals surface area contributed by atoms with Gasteiger partial charge in [-0.25, -0.2) is 9.78 Å². The first-order chi connectivity index (χ1) is 9.74. The third-order valence-corrected chi connectivity index (χ3v) is 2.84. The average molecular weight is 309 g/mol. The van der Waals surface area contributed by atoms with Gasteiger partial charge in [-0.3, -0.25) is 5.32 Å². The second-order valence-corrected chi connectivity index (χ2v) is 5.91. The minimum absolute atomic E-state index is 0.321. The summed E-state index contributed by atoms with van der Waals surface area (Å²) in [5.41, 5.74) is 6.96. The van der Waals surface area contributed by atoms with Crippen molar-refractivity contribution in [3.63, 3.8) is 0 Å². The maximum absolute atomic E-state index is 11.8. The van der Waals surface area contributed by atoms with Crippen molar-refractivity contribution in [1.82, 2.24) is 9.97 Å². The number of amides is 1. The van der Waals surface area contributed by atoms with Gasteiger partial charge in [-0.1, -0.05) is 17.7 Å². The molecule has 21 heavy (non-hydrogen) atoms. The maximum atomic E-state index is 11.8. The van der Waals surface area contributed by atoms with Crippen LogP contribution in [0.25, 0.3) is 11.3 Å². The number of ether oxygens (including phenoxy) is 1. The topological polar surface area (TPSA) is 93.0 Å². The van der Waals surface area contributed by atoms with E-state index in [1.807, 2.05) is 0 Å². The second-order valence-electron chi connectivity index (χ2n) is 5.50. The van der Waals surface area contributed by atoms with Gasteiger partial charge < -0.3 is 15.5 Å². The van der Waals surface area contributed by atoms with Crippen LogP contribution in [0.5, 0.6) is 0 Å². The average Bonchev–Trinajstić information content (AvgIpc) is 2.76. The van der Waals surface area contributed by atoms with Crippen molar-refractivity contribution in [1.29, 1.82) is 0 Å². The van der Waals surface area contributed by atoms with Gasteiger partial charge >= 0.3 is 6.09 Å². The molecule has 2 rings (SSSR count). The zero-order valence-corrected chi connectivity index (χ0v) is 12.8. The molecule has 0 spiro atoms. The number of nitrogen functional groups attached to an aromatic ring is 1. The Morgan fingerprint density at radius 2 is 2.14 bits per heavy atom. The molecule has 1 aromatic carbocycles. The lowest BCUT2D eigenvalue weighted by molar-refractivity contribution is 0.0636. The van der Waals surface area contributed by atoms with Gasteiger partial charge in [0.1, 0.15) is 5.60 Å². The summed E-state index contributed by atoms with van der Waals surface area (Å²) in [6.45, 7) is 5.37. The summed E-state index contributed by atoms with van der Waals surface area (Å²) in [5.74, 6) is 0.321. The molecular formula is C14H17ClN4O2. The van der Waals surface area contributed by atoms with Crippen LogP contribution in [-0.4, -0.2) is 21.7 Å². The van der Waals surface area contributed by atoms with Gasteiger partial charge in [-0.05, 0) is 32.9 Å². The van der Waals surface area contributed by atoms with E-state index in [4.69, 9.17) is 22.1 Å². The van der Waals surface area contributed by atoms with Crippen LogP contribution in [0, 0.1) is 0 Å². The number of nitrogens with two attached hydrogens (primary N) is 1. The summed E-state index contributed by atoms with van der Waals surface area (Å²) in [6.07, 6.45) is 1.04. The number of nitrogens with zero attached hydrogens (tertiary/aromatic N) is 1. The van der Waals surface area contributed by atoms with E-state index < -0.39 is 11.7 Å². The van der Waals surface area contributed by atoms with Gasteiger partial charge in [0.15, 0.2) is 5.95 Å². The fraction of sp³-hybridized carbons (Fsp3) is 0.286. The molecule has 6 nitrogen and oxygen atoms in total. The van der Waals surface area contributed by atoms with Gasteiger partial charge in [0, 0.05) is 5.56 Å². The Morgan fingerprint density at radius 1 is 1.43 bits per heavy atom. The van der Waals surface area contributed by atoms with Crippen LogP contribution in [0.3, 0.4) is 0 Å². The van der Waals surface area contributed by atoms with Crippen molar-refractivity contribution in [3.05, 3.63) is 29.4 Å². The highest BCUT2D eigenvalue weighted by molar-refractivity contribution is 6.33. The molecule has 0 unspecified atom stereocenters. The molecule has 0 fully saturated rings. The lowest BCUT2D eigenvalue weighted by atomic mass is 10.1. The Bertz CT molecular complexity index is 661. The fourth-order valence-electron chi connectivity index (χ4n) is 1.69. The summed E-state index contributed by atoms with van der Waals surface area (Å²) in [4.78, 5) is 18.6. The molecule has 2 aromatic rings. The molecule has 0 aliphatic rings. The molecule has 0 aliphatic heterocycles. The van der Waals surface area contributed by atoms with Crippen molar-refractivity contribution in [2.45, 2.75) is 26.4 Å². The third-order valence-electron chi connectivity index (χ3n) is 2.51. The smallest absolute Gasteiger partial charge is 0.412 e. The summed E-state index contributed by atoms with van der Waals surface area (Å²) >= 11 is 6.08. The van der Waals surface area contributed by atoms with Gasteiger partial charge in [-0.15, -0.1) is 0 Å². The number of anilines is 2. The predicted octanol–water partition coefficient (Wildman–Crippen LogP) is 3.66. The zero-order valence-electron chi connectivity index (χ0n) is 12.0. The quantitative estimate of drug-likeness (QED) is 0.789. The van der Waals surface area contributed by atoms with Crippen molar-refractivity contribution < 1.29 is 9.53 Å². The molecule has 4 N–H and O–H groups in total. The highest BCUT2D eigenvalue weighted by atomic mass is 35.5. The maximum Gasteiger partial charge on any atom is 0.412 e. The largest absolute Gasteiger partial charge is 0.444 e. The number of hydrogen-bond acceptors (Lipinski definition) is 4. The molecule has 1 amide bonds. The molecule has 0 bridgehead atoms. The Labute approximate surface area is 127 Å². The molecule has 0 saturated carbocycles. The van der Waals surface area contributed by atoms with E-state index in [-0.39, 0.29) is 0 Å². The number of carbonyl (C=O) groups is 1. The van der Waals surface area contributed by atoms with Crippen LogP contribution < -0.4 is 11.1 Å². The number of benzene rings is 1. The first kappa shape index (κ1) is 15.2. The Kier molecular flexibility index (Phi) is 4.09. The summed E-state index contributed by atoms with van der Waals surface area (Å²) in [6, 6.07) is 5.20. The number of aromatic nitrogens is 2. The molecule has 0 saturated heterocycles. The second kappa shape index (κ2) is 5.65. The van der Waals surface area contributed by atoms with Crippen LogP contribution in [0.1, 0.15) is 20.8 Å². The molecule has 1 heterocycles. The molecule has 0 atom stereocenters. The van der Waals surface area contributed by atoms with E-state index >= 15 is 0 Å². The molecule has 0 radical (unpaired) electrons. The summed E-state index contributed by atoms with van der Waals surface area (Å²) < 4.78 is 5.20. The Balaban J connectivity index is 2.22. The number of rotatable bonds is 2. The van der Waals surface area contributed by atoms with E-state index in [0.717, 1.165) is 11.3 Å². The lowest BCUT2D eigenvalue weighted by Crippen LogP contribution is -2.27. The normalized spacial score (nSPS) is 11.2. The van der Waals surface area contributed by atoms with E-state index in [2.05, 4.69) is 15.3 Å². The predicted molar refractivity (Wildman–Crippen MR) is 83.3 cm³/mol. The Morgan fingerprint density at radius 3 is 2.71 bits per heavy atom. The minimum atomic E-state index is -0.577. The van der Waals surface area contributed by atoms with Gasteiger partial charge in [0.2, 0.25) is 0 Å². The third kappa shape index (κ3) is 4.13. The van der Waals surface area contributed by atoms with Crippen molar-refractivity contribution in [3.8, 4) is 11.3 Å². The molecular weight excluding hydrogens is 292 g/mol. The SMILES string of the molecule is CC(C)(C)OC(=O)Nc1cc(-c2cnc(N)[nH]2)ccc1Cl. The van der Waals surface area contributed by atoms with E-state index in [1.54, 1.807) is 45.2 Å². The summed E-state index contributed by atoms with van der Waals surface area (Å²) in [7, 11) is 0. The number of halogens is 1. The van der Waals surface area contributed by atoms with Crippen LogP contribution in [0.2, 0.25) is 5.02 Å². The van der Waals surface area contributed by atoms with Gasteiger partial charge in [0.25, 0.3) is 0 Å². The molecule has 1 aromatic heterocycles. The Hall–Kier alpha value is -2.21. The monoisotopic (exact) mass is 308 g/mol. The van der Waals surface area contributed by atoms with Crippen LogP contribution in [-0.2, 0) is 4.74 Å². The number of carbonyl (C=O) groups excluding carboxylic acids is 1. The number of imidazole rings is 1. The van der Waals surface area contributed by atoms with E-state index in [1.165, 1.54) is 0 Å². The molecule has 0 aliphatic carbocycles. The first-order valence-electron chi connectivity index (χ1n) is 6.35. The molecule has 112 valence electrons. The fourth-order valence-corrected chi connectivity index (χ4v) is 1.85. The number of hydrogen-bond donors (Lipinski definition) is 3. The lowest BCUT2D eigenvalue weighted by Gasteiger charge is -2.20. The van der Waals surface area contributed by atoms with Crippen LogP contribution in [0.15, 0.2) is 24.4 Å². The van der Waals surface area contributed by atoms with E-state index in [0.29, 0.717) is 16.7 Å². The van der Waals surface area contributed by atoms with Gasteiger partial charge in [0.05, 0.1) is 22.6 Å². The van der Waals surface area contributed by atoms with Crippen molar-refractivity contribution >= 4 is 29.3 Å². The van der Waals surface area contributed by atoms with Crippen LogP contribution >= 0.6 is 11.6 Å². The first-order valence-corrected chi connectivity index (χ1v) is 6.73. The van der Waals surface area contributed by atoms with Crippen molar-refractivity contribution in [2.75, 3.05) is 11.1 Å². The highest BCUT2D eigenvalue weighted by Gasteiger charge is 2.17. The van der Waals surface area contributed by atoms with E-state index in [9.17, 15) is 4.79 Å². The number of H-pyrrole nitrogens is 1. The van der Waals surface area contributed by atoms with Crippen LogP contribution in [0.4, 0.5) is 16.4 Å². The van der Waals surface area contributed by atoms with Gasteiger partial charge in [-0.2, -0.15) is 0 Å². The highest BCUT2D eigenvalue weighted by Crippen LogP contribution is 2.28.